The molecule has 104 valence electrons. The molecule has 0 aliphatic carbocycles. The number of hydrogen-bond donors (Lipinski definition) is 1. The van der Waals surface area contributed by atoms with Gasteiger partial charge in [-0.05, 0) is 37.0 Å². The van der Waals surface area contributed by atoms with Crippen LogP contribution in [0.3, 0.4) is 0 Å². The highest BCUT2D eigenvalue weighted by Crippen LogP contribution is 2.25. The minimum Gasteiger partial charge on any atom is -0.385 e. The zero-order chi connectivity index (χ0) is 13.8. The van der Waals surface area contributed by atoms with E-state index in [1.54, 1.807) is 7.11 Å². The van der Waals surface area contributed by atoms with Crippen molar-refractivity contribution in [2.45, 2.75) is 19.3 Å². The Hall–Kier alpha value is -1.94. The molecule has 0 aromatic carbocycles. The van der Waals surface area contributed by atoms with E-state index in [2.05, 4.69) is 33.5 Å². The van der Waals surface area contributed by atoms with Crippen LogP contribution in [-0.4, -0.2) is 30.2 Å². The second-order valence-electron chi connectivity index (χ2n) is 5.04. The first-order chi connectivity index (χ1) is 9.86. The van der Waals surface area contributed by atoms with Crippen molar-refractivity contribution in [1.82, 2.24) is 9.97 Å². The molecule has 1 aliphatic heterocycles. The molecular weight excluding hydrogens is 250 g/mol. The molecule has 0 unspecified atom stereocenters. The first-order valence-electron chi connectivity index (χ1n) is 7.04. The van der Waals surface area contributed by atoms with E-state index in [9.17, 15) is 0 Å². The maximum Gasteiger partial charge on any atom is 0.129 e. The molecule has 2 aromatic rings. The van der Waals surface area contributed by atoms with Crippen LogP contribution in [0.5, 0.6) is 0 Å². The number of anilines is 1. The van der Waals surface area contributed by atoms with Crippen LogP contribution in [0.25, 0.3) is 11.1 Å². The van der Waals surface area contributed by atoms with Crippen molar-refractivity contribution in [2.24, 2.45) is 0 Å². The van der Waals surface area contributed by atoms with Gasteiger partial charge < -0.3 is 10.1 Å². The third kappa shape index (κ3) is 2.80. The number of ether oxygens (including phenoxy) is 1. The molecule has 0 saturated carbocycles. The average Bonchev–Trinajstić information content (AvgIpc) is 2.96. The Morgan fingerprint density at radius 3 is 2.90 bits per heavy atom. The predicted molar refractivity (Wildman–Crippen MR) is 79.9 cm³/mol. The summed E-state index contributed by atoms with van der Waals surface area (Å²) in [5.41, 5.74) is 4.68. The van der Waals surface area contributed by atoms with Crippen LogP contribution in [0.1, 0.15) is 17.7 Å². The van der Waals surface area contributed by atoms with Crippen molar-refractivity contribution >= 4 is 5.82 Å². The summed E-state index contributed by atoms with van der Waals surface area (Å²) in [5.74, 6) is 1.03. The van der Waals surface area contributed by atoms with Gasteiger partial charge in [0.15, 0.2) is 0 Å². The van der Waals surface area contributed by atoms with E-state index in [1.807, 2.05) is 12.4 Å². The molecule has 0 radical (unpaired) electrons. The summed E-state index contributed by atoms with van der Waals surface area (Å²) in [4.78, 5) is 8.98. The van der Waals surface area contributed by atoms with E-state index in [1.165, 1.54) is 5.56 Å². The molecule has 3 rings (SSSR count). The quantitative estimate of drug-likeness (QED) is 0.848. The molecule has 4 heteroatoms. The number of nitrogens with zero attached hydrogens (tertiary/aromatic N) is 2. The molecule has 0 atom stereocenters. The molecule has 3 heterocycles. The number of aryl methyl sites for hydroxylation is 1. The molecule has 4 nitrogen and oxygen atoms in total. The highest BCUT2D eigenvalue weighted by Gasteiger charge is 2.12. The van der Waals surface area contributed by atoms with Gasteiger partial charge in [0.25, 0.3) is 0 Å². The molecule has 0 fully saturated rings. The number of hydrogen-bond acceptors (Lipinski definition) is 4. The lowest BCUT2D eigenvalue weighted by Crippen LogP contribution is -1.95. The van der Waals surface area contributed by atoms with E-state index in [0.29, 0.717) is 0 Å². The summed E-state index contributed by atoms with van der Waals surface area (Å²) >= 11 is 0. The summed E-state index contributed by atoms with van der Waals surface area (Å²) < 4.78 is 5.06. The number of methoxy groups -OCH3 is 1. The Morgan fingerprint density at radius 1 is 1.20 bits per heavy atom. The van der Waals surface area contributed by atoms with Crippen LogP contribution in [0.4, 0.5) is 5.82 Å². The molecule has 1 aliphatic rings. The van der Waals surface area contributed by atoms with Crippen LogP contribution in [0.2, 0.25) is 0 Å². The number of rotatable bonds is 5. The fraction of sp³-hybridized carbons (Fsp3) is 0.375. The predicted octanol–water partition coefficient (Wildman–Crippen LogP) is 2.69. The van der Waals surface area contributed by atoms with Crippen molar-refractivity contribution in [1.29, 1.82) is 0 Å². The van der Waals surface area contributed by atoms with Gasteiger partial charge in [0.1, 0.15) is 5.82 Å². The van der Waals surface area contributed by atoms with Crippen molar-refractivity contribution in [3.63, 3.8) is 0 Å². The Balaban J connectivity index is 1.74. The Bertz CT molecular complexity index is 581. The lowest BCUT2D eigenvalue weighted by Gasteiger charge is -2.05. The van der Waals surface area contributed by atoms with Gasteiger partial charge in [-0.3, -0.25) is 4.98 Å². The summed E-state index contributed by atoms with van der Waals surface area (Å²) in [6, 6.07) is 6.43. The Morgan fingerprint density at radius 2 is 2.10 bits per heavy atom. The number of fused-ring (bicyclic) bond motifs is 1. The first kappa shape index (κ1) is 13.1. The minimum atomic E-state index is 0.783. The Labute approximate surface area is 119 Å². The molecule has 0 saturated heterocycles. The zero-order valence-electron chi connectivity index (χ0n) is 11.7. The van der Waals surface area contributed by atoms with Gasteiger partial charge in [-0.2, -0.15) is 0 Å². The number of aromatic nitrogens is 2. The third-order valence-corrected chi connectivity index (χ3v) is 3.59. The number of nitrogens with one attached hydrogen (secondary N) is 1. The van der Waals surface area contributed by atoms with Gasteiger partial charge in [0, 0.05) is 49.5 Å². The van der Waals surface area contributed by atoms with Crippen molar-refractivity contribution in [3.8, 4) is 11.1 Å². The fourth-order valence-electron chi connectivity index (χ4n) is 2.47. The normalized spacial score (nSPS) is 13.1. The lowest BCUT2D eigenvalue weighted by molar-refractivity contribution is 0.195. The second-order valence-corrected chi connectivity index (χ2v) is 5.04. The molecule has 0 spiro atoms. The van der Waals surface area contributed by atoms with Crippen LogP contribution >= 0.6 is 0 Å². The second kappa shape index (κ2) is 6.01. The molecule has 20 heavy (non-hydrogen) atoms. The molecule has 0 bridgehead atoms. The maximum atomic E-state index is 5.06. The van der Waals surface area contributed by atoms with Gasteiger partial charge in [-0.15, -0.1) is 0 Å². The summed E-state index contributed by atoms with van der Waals surface area (Å²) in [7, 11) is 1.73. The third-order valence-electron chi connectivity index (χ3n) is 3.59. The fourth-order valence-corrected chi connectivity index (χ4v) is 2.47. The van der Waals surface area contributed by atoms with E-state index in [-0.39, 0.29) is 0 Å². The van der Waals surface area contributed by atoms with Gasteiger partial charge in [0.05, 0.1) is 0 Å². The lowest BCUT2D eigenvalue weighted by atomic mass is 10.1. The van der Waals surface area contributed by atoms with Gasteiger partial charge in [0.2, 0.25) is 0 Å². The van der Waals surface area contributed by atoms with E-state index in [0.717, 1.165) is 55.1 Å². The molecule has 0 amide bonds. The largest absolute Gasteiger partial charge is 0.385 e. The zero-order valence-corrected chi connectivity index (χ0v) is 11.7. The van der Waals surface area contributed by atoms with E-state index in [4.69, 9.17) is 4.74 Å². The van der Waals surface area contributed by atoms with Gasteiger partial charge in [-0.1, -0.05) is 6.07 Å². The molecular formula is C16H19N3O. The smallest absolute Gasteiger partial charge is 0.129 e. The van der Waals surface area contributed by atoms with Crippen LogP contribution < -0.4 is 5.32 Å². The van der Waals surface area contributed by atoms with Gasteiger partial charge >= 0.3 is 0 Å². The van der Waals surface area contributed by atoms with Gasteiger partial charge in [-0.25, -0.2) is 4.98 Å². The van der Waals surface area contributed by atoms with Crippen LogP contribution in [0.15, 0.2) is 30.6 Å². The SMILES string of the molecule is COCCCc1ccc(-c2cnc3c(c2)CCN3)cn1. The van der Waals surface area contributed by atoms with Crippen molar-refractivity contribution in [3.05, 3.63) is 41.9 Å². The molecule has 2 aromatic heterocycles. The Kier molecular flexibility index (Phi) is 3.92. The minimum absolute atomic E-state index is 0.783. The van der Waals surface area contributed by atoms with E-state index >= 15 is 0 Å². The topological polar surface area (TPSA) is 47.0 Å². The monoisotopic (exact) mass is 269 g/mol. The first-order valence-corrected chi connectivity index (χ1v) is 7.04. The van der Waals surface area contributed by atoms with Crippen molar-refractivity contribution in [2.75, 3.05) is 25.6 Å². The summed E-state index contributed by atoms with van der Waals surface area (Å²) in [6.07, 6.45) is 6.88. The van der Waals surface area contributed by atoms with E-state index < -0.39 is 0 Å². The molecule has 1 N–H and O–H groups in total. The van der Waals surface area contributed by atoms with Crippen LogP contribution in [-0.2, 0) is 17.6 Å². The summed E-state index contributed by atoms with van der Waals surface area (Å²) in [6.45, 7) is 1.77. The van der Waals surface area contributed by atoms with Crippen molar-refractivity contribution < 1.29 is 4.74 Å². The standard InChI is InChI=1S/C16H19N3O/c1-20-8-2-3-15-5-4-13(10-18-15)14-9-12-6-7-17-16(12)19-11-14/h4-5,9-11H,2-3,6-8H2,1H3,(H,17,19). The summed E-state index contributed by atoms with van der Waals surface area (Å²) in [5, 5.41) is 3.28. The highest BCUT2D eigenvalue weighted by atomic mass is 16.5. The highest BCUT2D eigenvalue weighted by molar-refractivity contribution is 5.66. The van der Waals surface area contributed by atoms with Crippen LogP contribution in [0, 0.1) is 0 Å². The average molecular weight is 269 g/mol. The maximum absolute atomic E-state index is 5.06. The number of pyridine rings is 2.